The van der Waals surface area contributed by atoms with Gasteiger partial charge in [-0.2, -0.15) is 0 Å². The third-order valence-electron chi connectivity index (χ3n) is 5.05. The van der Waals surface area contributed by atoms with E-state index >= 15 is 0 Å². The molecule has 0 aliphatic carbocycles. The number of carbonyl (C=O) groups excluding carboxylic acids is 2. The number of aryl methyl sites for hydroxylation is 1. The second-order valence-electron chi connectivity index (χ2n) is 7.08. The van der Waals surface area contributed by atoms with Crippen molar-refractivity contribution in [3.63, 3.8) is 0 Å². The van der Waals surface area contributed by atoms with Gasteiger partial charge in [-0.1, -0.05) is 24.3 Å². The maximum Gasteiger partial charge on any atom is 0.325 e. The molecular formula is C21H21N3O4. The highest BCUT2D eigenvalue weighted by atomic mass is 16.5. The first-order valence-electron chi connectivity index (χ1n) is 9.10. The van der Waals surface area contributed by atoms with Gasteiger partial charge in [0.15, 0.2) is 5.58 Å². The van der Waals surface area contributed by atoms with E-state index in [0.29, 0.717) is 29.8 Å². The van der Waals surface area contributed by atoms with Crippen molar-refractivity contribution in [1.82, 2.24) is 15.2 Å². The molecule has 1 aromatic heterocycles. The minimum absolute atomic E-state index is 0.0114. The van der Waals surface area contributed by atoms with Crippen molar-refractivity contribution in [3.05, 3.63) is 60.0 Å². The molecule has 0 saturated carbocycles. The van der Waals surface area contributed by atoms with Crippen molar-refractivity contribution in [1.29, 1.82) is 0 Å². The molecule has 0 radical (unpaired) electrons. The number of aromatic nitrogens is 1. The number of benzene rings is 2. The van der Waals surface area contributed by atoms with Gasteiger partial charge >= 0.3 is 6.03 Å². The maximum atomic E-state index is 12.9. The number of nitrogens with zero attached hydrogens (tertiary/aromatic N) is 2. The second kappa shape index (κ2) is 6.99. The largest absolute Gasteiger partial charge is 0.497 e. The van der Waals surface area contributed by atoms with Gasteiger partial charge in [0, 0.05) is 0 Å². The lowest BCUT2D eigenvalue weighted by Crippen LogP contribution is -2.44. The molecule has 2 heterocycles. The Morgan fingerprint density at radius 2 is 1.89 bits per heavy atom. The third-order valence-corrected chi connectivity index (χ3v) is 5.05. The van der Waals surface area contributed by atoms with Crippen molar-refractivity contribution in [2.75, 3.05) is 7.11 Å². The number of carbonyl (C=O) groups is 2. The van der Waals surface area contributed by atoms with Crippen molar-refractivity contribution < 1.29 is 18.7 Å². The van der Waals surface area contributed by atoms with Crippen LogP contribution in [0.5, 0.6) is 5.75 Å². The number of amides is 3. The summed E-state index contributed by atoms with van der Waals surface area (Å²) in [6, 6.07) is 14.6. The number of ether oxygens (including phenoxy) is 1. The molecule has 3 amide bonds. The Labute approximate surface area is 162 Å². The number of urea groups is 1. The van der Waals surface area contributed by atoms with Crippen LogP contribution in [0.2, 0.25) is 0 Å². The third kappa shape index (κ3) is 3.31. The number of para-hydroxylation sites is 2. The monoisotopic (exact) mass is 379 g/mol. The molecule has 2 aromatic carbocycles. The van der Waals surface area contributed by atoms with Crippen molar-refractivity contribution >= 4 is 23.0 Å². The predicted molar refractivity (Wildman–Crippen MR) is 103 cm³/mol. The molecule has 144 valence electrons. The fraction of sp³-hybridized carbons (Fsp3) is 0.286. The van der Waals surface area contributed by atoms with Gasteiger partial charge in [0.05, 0.1) is 7.11 Å². The lowest BCUT2D eigenvalue weighted by atomic mass is 9.93. The molecule has 1 unspecified atom stereocenters. The zero-order valence-corrected chi connectivity index (χ0v) is 15.8. The summed E-state index contributed by atoms with van der Waals surface area (Å²) in [7, 11) is 1.62. The number of nitrogens with one attached hydrogen (secondary N) is 1. The van der Waals surface area contributed by atoms with Crippen LogP contribution in [-0.2, 0) is 17.8 Å². The zero-order valence-electron chi connectivity index (χ0n) is 15.8. The summed E-state index contributed by atoms with van der Waals surface area (Å²) < 4.78 is 10.8. The lowest BCUT2D eigenvalue weighted by molar-refractivity contribution is -0.131. The molecule has 1 N–H and O–H groups in total. The van der Waals surface area contributed by atoms with E-state index in [0.717, 1.165) is 11.3 Å². The second-order valence-corrected chi connectivity index (χ2v) is 7.08. The quantitative estimate of drug-likeness (QED) is 0.665. The van der Waals surface area contributed by atoms with Crippen LogP contribution in [0.4, 0.5) is 4.79 Å². The SMILES string of the molecule is COc1ccc(CCC2(C)NC(=O)N(Cc3nc4ccccc4o3)C2=O)cc1. The average Bonchev–Trinajstić information content (AvgIpc) is 3.21. The summed E-state index contributed by atoms with van der Waals surface area (Å²) in [5.41, 5.74) is 1.45. The van der Waals surface area contributed by atoms with Gasteiger partial charge in [-0.15, -0.1) is 0 Å². The van der Waals surface area contributed by atoms with Gasteiger partial charge in [-0.25, -0.2) is 9.78 Å². The van der Waals surface area contributed by atoms with Crippen LogP contribution in [0.1, 0.15) is 24.8 Å². The highest BCUT2D eigenvalue weighted by Crippen LogP contribution is 2.26. The van der Waals surface area contributed by atoms with E-state index in [-0.39, 0.29) is 12.5 Å². The van der Waals surface area contributed by atoms with Gasteiger partial charge in [-0.05, 0) is 49.6 Å². The summed E-state index contributed by atoms with van der Waals surface area (Å²) >= 11 is 0. The van der Waals surface area contributed by atoms with Crippen LogP contribution < -0.4 is 10.1 Å². The first-order valence-corrected chi connectivity index (χ1v) is 9.10. The Hall–Kier alpha value is -3.35. The first kappa shape index (κ1) is 18.0. The van der Waals surface area contributed by atoms with Crippen molar-refractivity contribution in [3.8, 4) is 5.75 Å². The molecule has 1 saturated heterocycles. The van der Waals surface area contributed by atoms with Crippen molar-refractivity contribution in [2.45, 2.75) is 31.8 Å². The Morgan fingerprint density at radius 1 is 1.14 bits per heavy atom. The molecule has 0 spiro atoms. The summed E-state index contributed by atoms with van der Waals surface area (Å²) in [4.78, 5) is 30.9. The minimum Gasteiger partial charge on any atom is -0.497 e. The zero-order chi connectivity index (χ0) is 19.7. The van der Waals surface area contributed by atoms with E-state index in [1.165, 1.54) is 4.90 Å². The molecule has 7 heteroatoms. The van der Waals surface area contributed by atoms with Gasteiger partial charge in [0.2, 0.25) is 5.89 Å². The van der Waals surface area contributed by atoms with Gasteiger partial charge in [0.25, 0.3) is 5.91 Å². The van der Waals surface area contributed by atoms with E-state index < -0.39 is 11.6 Å². The normalized spacial score (nSPS) is 19.3. The molecule has 28 heavy (non-hydrogen) atoms. The van der Waals surface area contributed by atoms with Crippen molar-refractivity contribution in [2.24, 2.45) is 0 Å². The summed E-state index contributed by atoms with van der Waals surface area (Å²) in [5, 5.41) is 2.82. The van der Waals surface area contributed by atoms with Gasteiger partial charge < -0.3 is 14.5 Å². The molecule has 7 nitrogen and oxygen atoms in total. The highest BCUT2D eigenvalue weighted by molar-refractivity contribution is 6.06. The molecule has 1 fully saturated rings. The number of methoxy groups -OCH3 is 1. The van der Waals surface area contributed by atoms with Crippen LogP contribution in [0.3, 0.4) is 0 Å². The van der Waals surface area contributed by atoms with E-state index in [1.54, 1.807) is 20.1 Å². The van der Waals surface area contributed by atoms with E-state index in [9.17, 15) is 9.59 Å². The molecular weight excluding hydrogens is 358 g/mol. The number of rotatable bonds is 6. The number of hydrogen-bond acceptors (Lipinski definition) is 5. The fourth-order valence-electron chi connectivity index (χ4n) is 3.37. The Balaban J connectivity index is 1.45. The van der Waals surface area contributed by atoms with Gasteiger partial charge in [-0.3, -0.25) is 9.69 Å². The first-order chi connectivity index (χ1) is 13.5. The molecule has 0 bridgehead atoms. The maximum absolute atomic E-state index is 12.9. The molecule has 4 rings (SSSR count). The summed E-state index contributed by atoms with van der Waals surface area (Å²) in [6.07, 6.45) is 1.15. The van der Waals surface area contributed by atoms with Crippen LogP contribution >= 0.6 is 0 Å². The molecule has 1 aliphatic heterocycles. The van der Waals surface area contributed by atoms with Crippen LogP contribution in [-0.4, -0.2) is 34.5 Å². The topological polar surface area (TPSA) is 84.7 Å². The highest BCUT2D eigenvalue weighted by Gasteiger charge is 2.47. The average molecular weight is 379 g/mol. The van der Waals surface area contributed by atoms with E-state index in [4.69, 9.17) is 9.15 Å². The number of hydrogen-bond donors (Lipinski definition) is 1. The molecule has 1 aliphatic rings. The summed E-state index contributed by atoms with van der Waals surface area (Å²) in [6.45, 7) is 1.76. The van der Waals surface area contributed by atoms with E-state index in [2.05, 4.69) is 10.3 Å². The van der Waals surface area contributed by atoms with Gasteiger partial charge in [0.1, 0.15) is 23.3 Å². The van der Waals surface area contributed by atoms with Crippen LogP contribution in [0.25, 0.3) is 11.1 Å². The van der Waals surface area contributed by atoms with Crippen LogP contribution in [0.15, 0.2) is 52.9 Å². The fourth-order valence-corrected chi connectivity index (χ4v) is 3.37. The number of oxazole rings is 1. The number of imide groups is 1. The lowest BCUT2D eigenvalue weighted by Gasteiger charge is -2.21. The standard InChI is InChI=1S/C21H21N3O4/c1-21(12-11-14-7-9-15(27-2)10-8-14)19(25)24(20(26)23-21)13-18-22-16-5-3-4-6-17(16)28-18/h3-10H,11-13H2,1-2H3,(H,23,26). The molecule has 1 atom stereocenters. The predicted octanol–water partition coefficient (Wildman–Crippen LogP) is 3.28. The van der Waals surface area contributed by atoms with Crippen LogP contribution in [0, 0.1) is 0 Å². The Bertz CT molecular complexity index is 995. The summed E-state index contributed by atoms with van der Waals surface area (Å²) in [5.74, 6) is 0.849. The Kier molecular flexibility index (Phi) is 4.50. The molecule has 3 aromatic rings. The smallest absolute Gasteiger partial charge is 0.325 e. The Morgan fingerprint density at radius 3 is 2.61 bits per heavy atom. The number of fused-ring (bicyclic) bond motifs is 1. The minimum atomic E-state index is -0.955. The van der Waals surface area contributed by atoms with E-state index in [1.807, 2.05) is 42.5 Å².